The van der Waals surface area contributed by atoms with Gasteiger partial charge in [-0.1, -0.05) is 6.07 Å². The highest BCUT2D eigenvalue weighted by molar-refractivity contribution is 7.14. The molecule has 1 saturated carbocycles. The molecule has 0 unspecified atom stereocenters. The van der Waals surface area contributed by atoms with Crippen LogP contribution in [-0.4, -0.2) is 47.9 Å². The Morgan fingerprint density at radius 2 is 2.00 bits per heavy atom. The van der Waals surface area contributed by atoms with Crippen molar-refractivity contribution < 1.29 is 9.59 Å². The van der Waals surface area contributed by atoms with Gasteiger partial charge in [0.1, 0.15) is 0 Å². The second-order valence-electron chi connectivity index (χ2n) is 7.93. The predicted molar refractivity (Wildman–Crippen MR) is 111 cm³/mol. The molecule has 6 nitrogen and oxygen atoms in total. The fourth-order valence-corrected chi connectivity index (χ4v) is 4.84. The molecular weight excluding hydrogens is 372 g/mol. The number of carbonyl (C=O) groups is 2. The monoisotopic (exact) mass is 396 g/mol. The van der Waals surface area contributed by atoms with Crippen LogP contribution in [0.2, 0.25) is 0 Å². The van der Waals surface area contributed by atoms with Crippen LogP contribution in [0.1, 0.15) is 31.2 Å². The number of amides is 2. The number of hydrogen-bond acceptors (Lipinski definition) is 5. The van der Waals surface area contributed by atoms with Gasteiger partial charge in [0, 0.05) is 29.1 Å². The summed E-state index contributed by atoms with van der Waals surface area (Å²) >= 11 is 1.46. The number of likely N-dealkylation sites (tertiary alicyclic amines) is 1. The normalized spacial score (nSPS) is 19.1. The number of rotatable bonds is 5. The third kappa shape index (κ3) is 3.56. The fraction of sp³-hybridized carbons (Fsp3) is 0.476. The largest absolute Gasteiger partial charge is 0.312 e. The zero-order chi connectivity index (χ0) is 19.1. The quantitative estimate of drug-likeness (QED) is 0.843. The lowest BCUT2D eigenvalue weighted by Crippen LogP contribution is -2.30. The van der Waals surface area contributed by atoms with E-state index in [0.717, 1.165) is 55.8 Å². The molecule has 1 aromatic heterocycles. The second-order valence-corrected chi connectivity index (χ2v) is 8.79. The number of thiazole rings is 1. The number of aromatic nitrogens is 1. The van der Waals surface area contributed by atoms with Crippen molar-refractivity contribution in [3.8, 4) is 11.3 Å². The number of hydrogen-bond donors (Lipinski definition) is 1. The van der Waals surface area contributed by atoms with E-state index in [2.05, 4.69) is 21.3 Å². The highest BCUT2D eigenvalue weighted by Gasteiger charge is 2.36. The van der Waals surface area contributed by atoms with Crippen LogP contribution >= 0.6 is 11.3 Å². The van der Waals surface area contributed by atoms with Gasteiger partial charge in [-0.3, -0.25) is 14.5 Å². The fourth-order valence-electron chi connectivity index (χ4n) is 4.11. The molecule has 3 heterocycles. The summed E-state index contributed by atoms with van der Waals surface area (Å²) in [6.45, 7) is 3.24. The lowest BCUT2D eigenvalue weighted by Gasteiger charge is -2.17. The maximum absolute atomic E-state index is 12.4. The van der Waals surface area contributed by atoms with E-state index in [-0.39, 0.29) is 17.7 Å². The molecule has 2 amide bonds. The Morgan fingerprint density at radius 1 is 1.18 bits per heavy atom. The highest BCUT2D eigenvalue weighted by Crippen LogP contribution is 2.38. The molecule has 2 aromatic rings. The summed E-state index contributed by atoms with van der Waals surface area (Å²) in [5.74, 6) is 0.532. The van der Waals surface area contributed by atoms with Crippen LogP contribution in [0.25, 0.3) is 11.3 Å². The van der Waals surface area contributed by atoms with Crippen LogP contribution in [0.5, 0.6) is 0 Å². The number of nitrogens with zero attached hydrogens (tertiary/aromatic N) is 3. The van der Waals surface area contributed by atoms with Crippen LogP contribution in [0.15, 0.2) is 23.6 Å². The molecule has 3 aliphatic rings. The van der Waals surface area contributed by atoms with E-state index in [1.165, 1.54) is 29.7 Å². The van der Waals surface area contributed by atoms with Crippen molar-refractivity contribution in [2.24, 2.45) is 5.92 Å². The van der Waals surface area contributed by atoms with Crippen molar-refractivity contribution in [2.75, 3.05) is 36.4 Å². The van der Waals surface area contributed by atoms with Gasteiger partial charge in [0.25, 0.3) is 0 Å². The van der Waals surface area contributed by atoms with Crippen molar-refractivity contribution >= 4 is 34.0 Å². The first-order chi connectivity index (χ1) is 13.7. The Morgan fingerprint density at radius 3 is 2.79 bits per heavy atom. The van der Waals surface area contributed by atoms with E-state index < -0.39 is 0 Å². The van der Waals surface area contributed by atoms with E-state index in [1.807, 2.05) is 22.4 Å². The molecule has 1 aliphatic carbocycles. The van der Waals surface area contributed by atoms with Gasteiger partial charge >= 0.3 is 0 Å². The molecule has 146 valence electrons. The Kier molecular flexibility index (Phi) is 4.64. The number of carbonyl (C=O) groups excluding carboxylic acids is 2. The van der Waals surface area contributed by atoms with Crippen LogP contribution in [-0.2, 0) is 16.0 Å². The number of fused-ring (bicyclic) bond motifs is 1. The number of anilines is 2. The summed E-state index contributed by atoms with van der Waals surface area (Å²) in [5, 5.41) is 5.55. The first-order valence-electron chi connectivity index (χ1n) is 10.1. The average Bonchev–Trinajstić information content (AvgIpc) is 3.07. The first-order valence-corrected chi connectivity index (χ1v) is 11.0. The van der Waals surface area contributed by atoms with Gasteiger partial charge in [0.15, 0.2) is 5.13 Å². The summed E-state index contributed by atoms with van der Waals surface area (Å²) in [5.41, 5.74) is 4.17. The van der Waals surface area contributed by atoms with Crippen LogP contribution < -0.4 is 10.2 Å². The van der Waals surface area contributed by atoms with Crippen molar-refractivity contribution in [2.45, 2.75) is 32.1 Å². The van der Waals surface area contributed by atoms with Gasteiger partial charge in [0.2, 0.25) is 11.8 Å². The van der Waals surface area contributed by atoms with Gasteiger partial charge in [-0.25, -0.2) is 4.98 Å². The van der Waals surface area contributed by atoms with Crippen LogP contribution in [0.4, 0.5) is 10.8 Å². The lowest BCUT2D eigenvalue weighted by molar-refractivity contribution is -0.119. The molecule has 0 radical (unpaired) electrons. The Hall–Kier alpha value is -2.25. The molecule has 0 spiro atoms. The highest BCUT2D eigenvalue weighted by atomic mass is 32.1. The molecule has 1 aromatic carbocycles. The third-order valence-electron chi connectivity index (χ3n) is 5.78. The van der Waals surface area contributed by atoms with Gasteiger partial charge in [0.05, 0.1) is 12.2 Å². The van der Waals surface area contributed by atoms with Crippen molar-refractivity contribution in [1.82, 2.24) is 9.88 Å². The summed E-state index contributed by atoms with van der Waals surface area (Å²) in [6, 6.07) is 6.21. The molecule has 1 N–H and O–H groups in total. The topological polar surface area (TPSA) is 65.5 Å². The second kappa shape index (κ2) is 7.29. The molecule has 0 bridgehead atoms. The van der Waals surface area contributed by atoms with Crippen LogP contribution in [0.3, 0.4) is 0 Å². The minimum absolute atomic E-state index is 0.00554. The molecule has 1 saturated heterocycles. The molecule has 5 rings (SSSR count). The van der Waals surface area contributed by atoms with Gasteiger partial charge in [-0.05, 0) is 62.9 Å². The smallest absolute Gasteiger partial charge is 0.240 e. The predicted octanol–water partition coefficient (Wildman–Crippen LogP) is 3.14. The molecule has 0 atom stereocenters. The maximum Gasteiger partial charge on any atom is 0.240 e. The molecule has 7 heteroatoms. The van der Waals surface area contributed by atoms with Gasteiger partial charge < -0.3 is 10.2 Å². The van der Waals surface area contributed by atoms with E-state index in [4.69, 9.17) is 0 Å². The summed E-state index contributed by atoms with van der Waals surface area (Å²) in [4.78, 5) is 33.4. The molecular formula is C21H24N4O2S. The standard InChI is InChI=1S/C21H24N4O2S/c26-19(12-24-8-1-2-9-24)23-21-22-17(13-28-21)15-5-6-18-16(11-15)7-10-25(18)20(27)14-3-4-14/h5-6,11,13-14H,1-4,7-10,12H2,(H,22,23,26). The Bertz CT molecular complexity index is 915. The Balaban J connectivity index is 1.27. The molecule has 28 heavy (non-hydrogen) atoms. The minimum atomic E-state index is 0.00554. The van der Waals surface area contributed by atoms with E-state index >= 15 is 0 Å². The zero-order valence-corrected chi connectivity index (χ0v) is 16.6. The first kappa shape index (κ1) is 17.8. The minimum Gasteiger partial charge on any atom is -0.312 e. The SMILES string of the molecule is O=C(CN1CCCC1)Nc1nc(-c2ccc3c(c2)CCN3C(=O)C2CC2)cs1. The van der Waals surface area contributed by atoms with E-state index in [0.29, 0.717) is 11.7 Å². The summed E-state index contributed by atoms with van der Waals surface area (Å²) in [7, 11) is 0. The lowest BCUT2D eigenvalue weighted by atomic mass is 10.1. The summed E-state index contributed by atoms with van der Waals surface area (Å²) in [6.07, 6.45) is 5.32. The van der Waals surface area contributed by atoms with Crippen molar-refractivity contribution in [1.29, 1.82) is 0 Å². The summed E-state index contributed by atoms with van der Waals surface area (Å²) < 4.78 is 0. The molecule has 2 fully saturated rings. The van der Waals surface area contributed by atoms with E-state index in [1.54, 1.807) is 0 Å². The van der Waals surface area contributed by atoms with E-state index in [9.17, 15) is 9.59 Å². The van der Waals surface area contributed by atoms with Crippen molar-refractivity contribution in [3.05, 3.63) is 29.1 Å². The van der Waals surface area contributed by atoms with Gasteiger partial charge in [-0.15, -0.1) is 11.3 Å². The van der Waals surface area contributed by atoms with Gasteiger partial charge in [-0.2, -0.15) is 0 Å². The maximum atomic E-state index is 12.4. The van der Waals surface area contributed by atoms with Crippen molar-refractivity contribution in [3.63, 3.8) is 0 Å². The third-order valence-corrected chi connectivity index (χ3v) is 6.54. The number of nitrogens with one attached hydrogen (secondary N) is 1. The average molecular weight is 397 g/mol. The van der Waals surface area contributed by atoms with Crippen LogP contribution in [0, 0.1) is 5.92 Å². The number of benzene rings is 1. The Labute approximate surface area is 168 Å². The zero-order valence-electron chi connectivity index (χ0n) is 15.8. The molecule has 2 aliphatic heterocycles.